The zero-order chi connectivity index (χ0) is 20.4. The maximum atomic E-state index is 12.7. The van der Waals surface area contributed by atoms with Gasteiger partial charge in [0.2, 0.25) is 10.0 Å². The van der Waals surface area contributed by atoms with E-state index in [1.54, 1.807) is 16.7 Å². The Labute approximate surface area is 179 Å². The number of hydrogen-bond acceptors (Lipinski definition) is 4. The minimum Gasteiger partial charge on any atom is -0.362 e. The third-order valence-corrected chi connectivity index (χ3v) is 6.95. The van der Waals surface area contributed by atoms with E-state index in [4.69, 9.17) is 0 Å². The number of anilines is 1. The Hall–Kier alpha value is -2.16. The Morgan fingerprint density at radius 2 is 2.00 bits per heavy atom. The van der Waals surface area contributed by atoms with Crippen LogP contribution in [0.3, 0.4) is 0 Å². The van der Waals surface area contributed by atoms with Crippen molar-refractivity contribution in [2.45, 2.75) is 25.6 Å². The summed E-state index contributed by atoms with van der Waals surface area (Å²) in [6.45, 7) is 1.52. The highest BCUT2D eigenvalue weighted by atomic mass is 79.9. The largest absolute Gasteiger partial charge is 0.362 e. The van der Waals surface area contributed by atoms with Gasteiger partial charge in [-0.15, -0.1) is 0 Å². The van der Waals surface area contributed by atoms with Gasteiger partial charge in [0.15, 0.2) is 0 Å². The summed E-state index contributed by atoms with van der Waals surface area (Å²) in [5.41, 5.74) is 3.14. The molecular formula is C21H23BrN4O2S. The number of aromatic nitrogens is 2. The lowest BCUT2D eigenvalue weighted by Crippen LogP contribution is -2.45. The molecule has 29 heavy (non-hydrogen) atoms. The topological polar surface area (TPSA) is 69.3 Å². The van der Waals surface area contributed by atoms with E-state index < -0.39 is 10.0 Å². The number of fused-ring (bicyclic) bond motifs is 1. The highest BCUT2D eigenvalue weighted by Gasteiger charge is 2.33. The second-order valence-corrected chi connectivity index (χ2v) is 10.2. The lowest BCUT2D eigenvalue weighted by Gasteiger charge is -2.31. The fourth-order valence-electron chi connectivity index (χ4n) is 3.89. The van der Waals surface area contributed by atoms with Gasteiger partial charge in [-0.05, 0) is 35.7 Å². The van der Waals surface area contributed by atoms with Crippen LogP contribution >= 0.6 is 15.9 Å². The summed E-state index contributed by atoms with van der Waals surface area (Å²) in [6, 6.07) is 15.9. The molecule has 0 bridgehead atoms. The first-order valence-corrected chi connectivity index (χ1v) is 12.1. The molecular weight excluding hydrogens is 452 g/mol. The number of rotatable bonds is 5. The number of sulfonamides is 1. The molecule has 8 heteroatoms. The molecule has 2 heterocycles. The zero-order valence-corrected chi connectivity index (χ0v) is 18.5. The normalized spacial score (nSPS) is 17.7. The summed E-state index contributed by atoms with van der Waals surface area (Å²) >= 11 is 3.53. The summed E-state index contributed by atoms with van der Waals surface area (Å²) in [4.78, 5) is 9.75. The molecule has 0 aliphatic carbocycles. The average Bonchev–Trinajstić information content (AvgIpc) is 3.13. The van der Waals surface area contributed by atoms with Crippen LogP contribution < -0.4 is 4.90 Å². The summed E-state index contributed by atoms with van der Waals surface area (Å²) in [5.74, 6) is 0.852. The molecule has 1 aliphatic heterocycles. The minimum absolute atomic E-state index is 0.187. The van der Waals surface area contributed by atoms with Crippen LogP contribution in [0.15, 0.2) is 65.4 Å². The van der Waals surface area contributed by atoms with Gasteiger partial charge in [-0.1, -0.05) is 46.3 Å². The maximum absolute atomic E-state index is 12.7. The van der Waals surface area contributed by atoms with E-state index in [0.717, 1.165) is 27.1 Å². The Bertz CT molecular complexity index is 1070. The Kier molecular flexibility index (Phi) is 5.76. The Morgan fingerprint density at radius 3 is 2.69 bits per heavy atom. The van der Waals surface area contributed by atoms with Crippen molar-refractivity contribution >= 4 is 31.6 Å². The van der Waals surface area contributed by atoms with Crippen molar-refractivity contribution in [1.29, 1.82) is 0 Å². The Morgan fingerprint density at radius 1 is 1.21 bits per heavy atom. The second-order valence-electron chi connectivity index (χ2n) is 7.34. The van der Waals surface area contributed by atoms with Crippen LogP contribution in [0.1, 0.15) is 17.0 Å². The first-order valence-electron chi connectivity index (χ1n) is 9.42. The van der Waals surface area contributed by atoms with Crippen molar-refractivity contribution in [3.05, 3.63) is 82.3 Å². The van der Waals surface area contributed by atoms with Gasteiger partial charge in [0.1, 0.15) is 5.82 Å². The molecule has 0 amide bonds. The standard InChI is InChI=1S/C21H23BrN4O2S/c1-29(27,28)26-13-17-12-18(22)7-8-20(17)25(15-21-23-9-10-24-21)14-19(26)11-16-5-3-2-4-6-16/h2-10,12,19H,11,13-15H2,1H3,(H,23,24). The first-order chi connectivity index (χ1) is 13.9. The van der Waals surface area contributed by atoms with E-state index >= 15 is 0 Å². The molecule has 0 radical (unpaired) electrons. The number of H-pyrrole nitrogens is 1. The van der Waals surface area contributed by atoms with Crippen molar-refractivity contribution in [2.24, 2.45) is 0 Å². The SMILES string of the molecule is CS(=O)(=O)N1Cc2cc(Br)ccc2N(Cc2ncc[nH]2)CC1Cc1ccccc1. The molecule has 0 fully saturated rings. The van der Waals surface area contributed by atoms with E-state index in [1.165, 1.54) is 6.26 Å². The quantitative estimate of drug-likeness (QED) is 0.613. The predicted octanol–water partition coefficient (Wildman–Crippen LogP) is 3.57. The van der Waals surface area contributed by atoms with Crippen LogP contribution in [0.4, 0.5) is 5.69 Å². The van der Waals surface area contributed by atoms with Crippen LogP contribution in [-0.2, 0) is 29.5 Å². The van der Waals surface area contributed by atoms with E-state index in [-0.39, 0.29) is 6.04 Å². The molecule has 6 nitrogen and oxygen atoms in total. The maximum Gasteiger partial charge on any atom is 0.211 e. The second kappa shape index (κ2) is 8.30. The van der Waals surface area contributed by atoms with Gasteiger partial charge in [0.05, 0.1) is 12.8 Å². The van der Waals surface area contributed by atoms with E-state index in [9.17, 15) is 8.42 Å². The summed E-state index contributed by atoms with van der Waals surface area (Å²) < 4.78 is 28.0. The number of halogens is 1. The molecule has 1 atom stereocenters. The third-order valence-electron chi connectivity index (χ3n) is 5.18. The van der Waals surface area contributed by atoms with E-state index in [2.05, 4.69) is 30.8 Å². The molecule has 0 saturated heterocycles. The lowest BCUT2D eigenvalue weighted by atomic mass is 10.1. The molecule has 0 saturated carbocycles. The molecule has 2 aromatic carbocycles. The van der Waals surface area contributed by atoms with Gasteiger partial charge in [-0.3, -0.25) is 0 Å². The predicted molar refractivity (Wildman–Crippen MR) is 118 cm³/mol. The summed E-state index contributed by atoms with van der Waals surface area (Å²) in [6.07, 6.45) is 5.49. The number of imidazole rings is 1. The van der Waals surface area contributed by atoms with Crippen molar-refractivity contribution in [2.75, 3.05) is 17.7 Å². The Balaban J connectivity index is 1.75. The molecule has 1 unspecified atom stereocenters. The molecule has 4 rings (SSSR count). The monoisotopic (exact) mass is 474 g/mol. The molecule has 3 aromatic rings. The fourth-order valence-corrected chi connectivity index (χ4v) is 5.35. The van der Waals surface area contributed by atoms with E-state index in [1.807, 2.05) is 48.5 Å². The van der Waals surface area contributed by atoms with Crippen molar-refractivity contribution < 1.29 is 8.42 Å². The molecule has 0 spiro atoms. The molecule has 1 N–H and O–H groups in total. The highest BCUT2D eigenvalue weighted by molar-refractivity contribution is 9.10. The summed E-state index contributed by atoms with van der Waals surface area (Å²) in [7, 11) is -3.39. The summed E-state index contributed by atoms with van der Waals surface area (Å²) in [5, 5.41) is 0. The smallest absolute Gasteiger partial charge is 0.211 e. The molecule has 1 aromatic heterocycles. The van der Waals surface area contributed by atoms with Crippen LogP contribution in [-0.4, -0.2) is 41.5 Å². The van der Waals surface area contributed by atoms with Crippen molar-refractivity contribution in [1.82, 2.24) is 14.3 Å². The lowest BCUT2D eigenvalue weighted by molar-refractivity contribution is 0.320. The third kappa shape index (κ3) is 4.71. The number of nitrogens with zero attached hydrogens (tertiary/aromatic N) is 3. The number of benzene rings is 2. The zero-order valence-electron chi connectivity index (χ0n) is 16.1. The van der Waals surface area contributed by atoms with Gasteiger partial charge in [0.25, 0.3) is 0 Å². The van der Waals surface area contributed by atoms with Crippen molar-refractivity contribution in [3.63, 3.8) is 0 Å². The fraction of sp³-hybridized carbons (Fsp3) is 0.286. The van der Waals surface area contributed by atoms with Gasteiger partial charge < -0.3 is 9.88 Å². The van der Waals surface area contributed by atoms with E-state index in [0.29, 0.717) is 26.1 Å². The molecule has 1 aliphatic rings. The van der Waals surface area contributed by atoms with Crippen LogP contribution in [0, 0.1) is 0 Å². The highest BCUT2D eigenvalue weighted by Crippen LogP contribution is 2.32. The minimum atomic E-state index is -3.39. The van der Waals surface area contributed by atoms with Gasteiger partial charge in [-0.2, -0.15) is 4.31 Å². The van der Waals surface area contributed by atoms with Gasteiger partial charge in [-0.25, -0.2) is 13.4 Å². The number of hydrogen-bond donors (Lipinski definition) is 1. The number of aromatic amines is 1. The van der Waals surface area contributed by atoms with Crippen molar-refractivity contribution in [3.8, 4) is 0 Å². The number of nitrogens with one attached hydrogen (secondary N) is 1. The van der Waals surface area contributed by atoms with Gasteiger partial charge >= 0.3 is 0 Å². The van der Waals surface area contributed by atoms with Crippen LogP contribution in [0.5, 0.6) is 0 Å². The first kappa shape index (κ1) is 20.1. The average molecular weight is 475 g/mol. The molecule has 152 valence electrons. The van der Waals surface area contributed by atoms with Crippen LogP contribution in [0.2, 0.25) is 0 Å². The van der Waals surface area contributed by atoms with Gasteiger partial charge in [0, 0.05) is 41.7 Å². The van der Waals surface area contributed by atoms with Crippen LogP contribution in [0.25, 0.3) is 0 Å².